The summed E-state index contributed by atoms with van der Waals surface area (Å²) in [5, 5.41) is 0. The summed E-state index contributed by atoms with van der Waals surface area (Å²) < 4.78 is 26.0. The van der Waals surface area contributed by atoms with Gasteiger partial charge in [0, 0.05) is 24.2 Å². The second-order valence-electron chi connectivity index (χ2n) is 3.08. The lowest BCUT2D eigenvalue weighted by atomic mass is 10.3. The molecule has 1 saturated carbocycles. The second kappa shape index (κ2) is 3.87. The van der Waals surface area contributed by atoms with Crippen molar-refractivity contribution < 1.29 is 13.2 Å². The highest BCUT2D eigenvalue weighted by atomic mass is 35.7. The molecule has 1 aliphatic carbocycles. The van der Waals surface area contributed by atoms with E-state index in [0.29, 0.717) is 25.9 Å². The maximum atomic E-state index is 11.0. The number of rotatable bonds is 3. The van der Waals surface area contributed by atoms with E-state index in [9.17, 15) is 8.42 Å². The molecule has 13 heavy (non-hydrogen) atoms. The summed E-state index contributed by atoms with van der Waals surface area (Å²) in [4.78, 5) is 0. The fourth-order valence-electron chi connectivity index (χ4n) is 0.993. The van der Waals surface area contributed by atoms with Crippen LogP contribution in [0.3, 0.4) is 0 Å². The van der Waals surface area contributed by atoms with E-state index in [1.165, 1.54) is 0 Å². The Morgan fingerprint density at radius 3 is 2.46 bits per heavy atom. The molecule has 0 aromatic heterocycles. The zero-order chi connectivity index (χ0) is 9.95. The third-order valence-electron chi connectivity index (χ3n) is 2.08. The summed E-state index contributed by atoms with van der Waals surface area (Å²) in [5.41, 5.74) is 0. The van der Waals surface area contributed by atoms with Crippen molar-refractivity contribution >= 4 is 19.7 Å². The smallest absolute Gasteiger partial charge is 0.239 e. The fraction of sp³-hybridized carbons (Fsp3) is 0.750. The topological polar surface area (TPSA) is 43.4 Å². The molecule has 5 heteroatoms. The van der Waals surface area contributed by atoms with Crippen molar-refractivity contribution in [3.05, 3.63) is 0 Å². The first kappa shape index (κ1) is 10.8. The SMILES string of the molecule is COCC#CCC1(S(=O)(=O)Cl)CC1. The molecule has 0 spiro atoms. The van der Waals surface area contributed by atoms with Crippen molar-refractivity contribution in [3.63, 3.8) is 0 Å². The van der Waals surface area contributed by atoms with E-state index >= 15 is 0 Å². The molecule has 0 aliphatic heterocycles. The van der Waals surface area contributed by atoms with E-state index in [1.54, 1.807) is 7.11 Å². The zero-order valence-electron chi connectivity index (χ0n) is 7.34. The highest BCUT2D eigenvalue weighted by molar-refractivity contribution is 8.15. The predicted octanol–water partition coefficient (Wildman–Crippen LogP) is 1.13. The third kappa shape index (κ3) is 2.60. The minimum absolute atomic E-state index is 0.322. The van der Waals surface area contributed by atoms with Gasteiger partial charge in [0.15, 0.2) is 0 Å². The van der Waals surface area contributed by atoms with Crippen LogP contribution in [0.15, 0.2) is 0 Å². The molecule has 3 nitrogen and oxygen atoms in total. The molecule has 1 fully saturated rings. The molecule has 0 amide bonds. The number of ether oxygens (including phenoxy) is 1. The Hall–Kier alpha value is -0.240. The summed E-state index contributed by atoms with van der Waals surface area (Å²) in [7, 11) is 3.37. The first-order valence-corrected chi connectivity index (χ1v) is 6.22. The van der Waals surface area contributed by atoms with Crippen LogP contribution in [0.4, 0.5) is 0 Å². The summed E-state index contributed by atoms with van der Waals surface area (Å²) in [6.07, 6.45) is 1.57. The molecule has 0 N–H and O–H groups in total. The Morgan fingerprint density at radius 1 is 1.46 bits per heavy atom. The first-order chi connectivity index (χ1) is 6.02. The molecular formula is C8H11ClO3S. The lowest BCUT2D eigenvalue weighted by Gasteiger charge is -2.04. The minimum Gasteiger partial charge on any atom is -0.372 e. The molecule has 0 bridgehead atoms. The summed E-state index contributed by atoms with van der Waals surface area (Å²) in [5.74, 6) is 5.46. The van der Waals surface area contributed by atoms with Gasteiger partial charge in [-0.1, -0.05) is 11.8 Å². The van der Waals surface area contributed by atoms with Crippen molar-refractivity contribution in [2.24, 2.45) is 0 Å². The van der Waals surface area contributed by atoms with Crippen LogP contribution in [0, 0.1) is 11.8 Å². The molecule has 0 aromatic rings. The Kier molecular flexibility index (Phi) is 3.23. The molecule has 0 atom stereocenters. The Labute approximate surface area is 82.8 Å². The number of methoxy groups -OCH3 is 1. The van der Waals surface area contributed by atoms with Gasteiger partial charge >= 0.3 is 0 Å². The van der Waals surface area contributed by atoms with Crippen LogP contribution in [-0.2, 0) is 13.8 Å². The van der Waals surface area contributed by atoms with Crippen LogP contribution in [0.5, 0.6) is 0 Å². The van der Waals surface area contributed by atoms with Crippen molar-refractivity contribution in [1.82, 2.24) is 0 Å². The van der Waals surface area contributed by atoms with Crippen LogP contribution in [0.1, 0.15) is 19.3 Å². The van der Waals surface area contributed by atoms with E-state index in [1.807, 2.05) is 0 Å². The van der Waals surface area contributed by atoms with Crippen LogP contribution in [0.2, 0.25) is 0 Å². The van der Waals surface area contributed by atoms with Gasteiger partial charge in [0.25, 0.3) is 0 Å². The lowest BCUT2D eigenvalue weighted by molar-refractivity contribution is 0.239. The summed E-state index contributed by atoms with van der Waals surface area (Å²) in [6.45, 7) is 0.332. The van der Waals surface area contributed by atoms with Crippen molar-refractivity contribution in [2.75, 3.05) is 13.7 Å². The average Bonchev–Trinajstić information content (AvgIpc) is 2.77. The van der Waals surface area contributed by atoms with E-state index in [-0.39, 0.29) is 0 Å². The quantitative estimate of drug-likeness (QED) is 0.531. The van der Waals surface area contributed by atoms with Gasteiger partial charge in [-0.05, 0) is 12.8 Å². The van der Waals surface area contributed by atoms with Crippen LogP contribution >= 0.6 is 10.7 Å². The largest absolute Gasteiger partial charge is 0.372 e. The maximum absolute atomic E-state index is 11.0. The molecule has 1 aliphatic rings. The fourth-order valence-corrected chi connectivity index (χ4v) is 2.45. The van der Waals surface area contributed by atoms with Crippen molar-refractivity contribution in [1.29, 1.82) is 0 Å². The van der Waals surface area contributed by atoms with Crippen molar-refractivity contribution in [2.45, 2.75) is 24.0 Å². The van der Waals surface area contributed by atoms with Crippen LogP contribution in [0.25, 0.3) is 0 Å². The van der Waals surface area contributed by atoms with Crippen LogP contribution in [-0.4, -0.2) is 26.9 Å². The van der Waals surface area contributed by atoms with Crippen molar-refractivity contribution in [3.8, 4) is 11.8 Å². The molecule has 0 saturated heterocycles. The second-order valence-corrected chi connectivity index (χ2v) is 6.04. The van der Waals surface area contributed by atoms with Gasteiger partial charge in [0.2, 0.25) is 9.05 Å². The zero-order valence-corrected chi connectivity index (χ0v) is 8.91. The Balaban J connectivity index is 2.52. The Bertz CT molecular complexity index is 332. The molecule has 0 heterocycles. The number of hydrogen-bond acceptors (Lipinski definition) is 3. The summed E-state index contributed by atoms with van der Waals surface area (Å²) in [6, 6.07) is 0. The third-order valence-corrected chi connectivity index (χ3v) is 4.65. The van der Waals surface area contributed by atoms with Gasteiger partial charge in [-0.25, -0.2) is 8.42 Å². The highest BCUT2D eigenvalue weighted by Gasteiger charge is 2.53. The van der Waals surface area contributed by atoms with Gasteiger partial charge in [-0.15, -0.1) is 0 Å². The van der Waals surface area contributed by atoms with Gasteiger partial charge in [0.1, 0.15) is 6.61 Å². The molecule has 0 aromatic carbocycles. The average molecular weight is 223 g/mol. The predicted molar refractivity (Wildman–Crippen MR) is 51.0 cm³/mol. The maximum Gasteiger partial charge on any atom is 0.239 e. The highest BCUT2D eigenvalue weighted by Crippen LogP contribution is 2.48. The first-order valence-electron chi connectivity index (χ1n) is 3.91. The monoisotopic (exact) mass is 222 g/mol. The van der Waals surface area contributed by atoms with Gasteiger partial charge in [-0.2, -0.15) is 0 Å². The lowest BCUT2D eigenvalue weighted by Crippen LogP contribution is -2.16. The van der Waals surface area contributed by atoms with Gasteiger partial charge in [0.05, 0.1) is 4.75 Å². The van der Waals surface area contributed by atoms with E-state index in [0.717, 1.165) is 0 Å². The van der Waals surface area contributed by atoms with E-state index in [2.05, 4.69) is 11.8 Å². The molecule has 74 valence electrons. The molecule has 1 rings (SSSR count). The van der Waals surface area contributed by atoms with Gasteiger partial charge in [-0.3, -0.25) is 0 Å². The molecular weight excluding hydrogens is 212 g/mol. The molecule has 0 unspecified atom stereocenters. The standard InChI is InChI=1S/C8H11ClO3S/c1-12-7-3-2-4-8(5-6-8)13(9,10)11/h4-7H2,1H3. The number of hydrogen-bond donors (Lipinski definition) is 0. The molecule has 0 radical (unpaired) electrons. The Morgan fingerprint density at radius 2 is 2.08 bits per heavy atom. The number of halogens is 1. The summed E-state index contributed by atoms with van der Waals surface area (Å²) >= 11 is 0. The van der Waals surface area contributed by atoms with E-state index < -0.39 is 13.8 Å². The van der Waals surface area contributed by atoms with E-state index in [4.69, 9.17) is 15.4 Å². The van der Waals surface area contributed by atoms with Gasteiger partial charge < -0.3 is 4.74 Å². The normalized spacial score (nSPS) is 18.9. The minimum atomic E-state index is -3.45. The van der Waals surface area contributed by atoms with Crippen LogP contribution < -0.4 is 0 Å².